The molecule has 0 aliphatic carbocycles. The minimum absolute atomic E-state index is 0.243. The molecule has 0 aliphatic heterocycles. The Balaban J connectivity index is 2.58. The van der Waals surface area contributed by atoms with E-state index < -0.39 is 11.9 Å². The maximum Gasteiger partial charge on any atom is 0.308 e. The molecule has 0 spiro atoms. The summed E-state index contributed by atoms with van der Waals surface area (Å²) in [6.07, 6.45) is 3.77. The molecule has 36 heavy (non-hydrogen) atoms. The second kappa shape index (κ2) is 12.0. The predicted molar refractivity (Wildman–Crippen MR) is 144 cm³/mol. The van der Waals surface area contributed by atoms with E-state index in [1.165, 1.54) is 11.9 Å². The Morgan fingerprint density at radius 1 is 1.08 bits per heavy atom. The zero-order valence-electron chi connectivity index (χ0n) is 23.0. The maximum atomic E-state index is 13.8. The molecular formula is C30H40N2O4. The number of hydrogen-bond donors (Lipinski definition) is 1. The Kier molecular flexibility index (Phi) is 9.62. The van der Waals surface area contributed by atoms with Crippen molar-refractivity contribution < 1.29 is 19.1 Å². The van der Waals surface area contributed by atoms with E-state index in [9.17, 15) is 14.4 Å². The summed E-state index contributed by atoms with van der Waals surface area (Å²) >= 11 is 0. The lowest BCUT2D eigenvalue weighted by atomic mass is 9.83. The molecule has 1 atom stereocenters. The average molecular weight is 493 g/mol. The quantitative estimate of drug-likeness (QED) is 0.204. The summed E-state index contributed by atoms with van der Waals surface area (Å²) in [6.45, 7) is 19.0. The molecule has 1 N–H and O–H groups in total. The molecule has 2 aromatic rings. The lowest BCUT2D eigenvalue weighted by Crippen LogP contribution is -2.56. The Morgan fingerprint density at radius 2 is 1.69 bits per heavy atom. The van der Waals surface area contributed by atoms with Crippen molar-refractivity contribution in [3.8, 4) is 5.75 Å². The van der Waals surface area contributed by atoms with Gasteiger partial charge in [0.15, 0.2) is 0 Å². The number of aryl methyl sites for hydroxylation is 2. The second-order valence-electron chi connectivity index (χ2n) is 10.5. The fourth-order valence-electron chi connectivity index (χ4n) is 4.50. The number of carbonyl (C=O) groups excluding carboxylic acids is 3. The van der Waals surface area contributed by atoms with Gasteiger partial charge in [-0.2, -0.15) is 0 Å². The number of nitrogens with one attached hydrogen (secondary N) is 1. The van der Waals surface area contributed by atoms with E-state index in [4.69, 9.17) is 4.74 Å². The Hall–Kier alpha value is -3.41. The van der Waals surface area contributed by atoms with Gasteiger partial charge in [-0.3, -0.25) is 19.8 Å². The van der Waals surface area contributed by atoms with Crippen LogP contribution in [0.25, 0.3) is 0 Å². The standard InChI is InChI=1S/C30H40N2O4/c1-10-12-23-14-15-25(21(5)27(23)36-22(6)33)28(34)31-32(26(13-11-2)30(7,8)9)29(35)24-17-19(3)16-20(4)18-24/h10,14-18,26H,1,11-13H2,2-9H3,(H,31,34). The number of hydrogen-bond acceptors (Lipinski definition) is 4. The summed E-state index contributed by atoms with van der Waals surface area (Å²) < 4.78 is 5.46. The van der Waals surface area contributed by atoms with Gasteiger partial charge < -0.3 is 4.74 Å². The van der Waals surface area contributed by atoms with E-state index in [1.807, 2.05) is 32.0 Å². The highest BCUT2D eigenvalue weighted by molar-refractivity contribution is 6.00. The molecule has 2 aromatic carbocycles. The van der Waals surface area contributed by atoms with Gasteiger partial charge in [-0.05, 0) is 62.8 Å². The van der Waals surface area contributed by atoms with Crippen LogP contribution in [0.5, 0.6) is 5.75 Å². The summed E-state index contributed by atoms with van der Waals surface area (Å²) in [5.41, 5.74) is 6.74. The highest BCUT2D eigenvalue weighted by Gasteiger charge is 2.35. The van der Waals surface area contributed by atoms with Crippen LogP contribution in [0.3, 0.4) is 0 Å². The molecule has 0 saturated heterocycles. The zero-order valence-corrected chi connectivity index (χ0v) is 23.0. The van der Waals surface area contributed by atoms with Crippen molar-refractivity contribution in [1.29, 1.82) is 0 Å². The molecule has 0 radical (unpaired) electrons. The number of allylic oxidation sites excluding steroid dienone is 1. The normalized spacial score (nSPS) is 12.0. The molecule has 6 nitrogen and oxygen atoms in total. The molecule has 0 heterocycles. The van der Waals surface area contributed by atoms with Crippen LogP contribution in [0.2, 0.25) is 0 Å². The molecule has 0 saturated carbocycles. The fraction of sp³-hybridized carbons (Fsp3) is 0.433. The number of esters is 1. The number of carbonyl (C=O) groups is 3. The number of ether oxygens (including phenoxy) is 1. The van der Waals surface area contributed by atoms with Crippen LogP contribution in [0.1, 0.15) is 90.4 Å². The first-order valence-corrected chi connectivity index (χ1v) is 12.4. The lowest BCUT2D eigenvalue weighted by molar-refractivity contribution is -0.132. The third-order valence-electron chi connectivity index (χ3n) is 6.12. The molecule has 194 valence electrons. The van der Waals surface area contributed by atoms with Crippen molar-refractivity contribution in [2.75, 3.05) is 0 Å². The summed E-state index contributed by atoms with van der Waals surface area (Å²) in [7, 11) is 0. The van der Waals surface area contributed by atoms with E-state index in [0.29, 0.717) is 28.9 Å². The largest absolute Gasteiger partial charge is 0.426 e. The minimum Gasteiger partial charge on any atom is -0.426 e. The highest BCUT2D eigenvalue weighted by Crippen LogP contribution is 2.31. The second-order valence-corrected chi connectivity index (χ2v) is 10.5. The van der Waals surface area contributed by atoms with Crippen LogP contribution in [0.15, 0.2) is 43.0 Å². The Labute approximate surface area is 215 Å². The molecule has 2 amide bonds. The molecule has 1 unspecified atom stereocenters. The first kappa shape index (κ1) is 28.8. The van der Waals surface area contributed by atoms with Gasteiger partial charge in [0.25, 0.3) is 11.8 Å². The Morgan fingerprint density at radius 3 is 2.19 bits per heavy atom. The third kappa shape index (κ3) is 7.06. The number of hydrazine groups is 1. The van der Waals surface area contributed by atoms with Gasteiger partial charge in [0.2, 0.25) is 0 Å². The van der Waals surface area contributed by atoms with Gasteiger partial charge in [0.05, 0.1) is 6.04 Å². The summed E-state index contributed by atoms with van der Waals surface area (Å²) in [6, 6.07) is 8.90. The van der Waals surface area contributed by atoms with Gasteiger partial charge in [-0.15, -0.1) is 6.58 Å². The van der Waals surface area contributed by atoms with Crippen LogP contribution in [-0.4, -0.2) is 28.8 Å². The van der Waals surface area contributed by atoms with Crippen LogP contribution in [0.4, 0.5) is 0 Å². The smallest absolute Gasteiger partial charge is 0.308 e. The molecule has 0 fully saturated rings. The fourth-order valence-corrected chi connectivity index (χ4v) is 4.50. The lowest BCUT2D eigenvalue weighted by Gasteiger charge is -2.40. The van der Waals surface area contributed by atoms with Crippen LogP contribution < -0.4 is 10.2 Å². The third-order valence-corrected chi connectivity index (χ3v) is 6.12. The predicted octanol–water partition coefficient (Wildman–Crippen LogP) is 6.27. The topological polar surface area (TPSA) is 75.7 Å². The molecule has 6 heteroatoms. The number of nitrogens with zero attached hydrogens (tertiary/aromatic N) is 1. The Bertz CT molecular complexity index is 1120. The van der Waals surface area contributed by atoms with Crippen molar-refractivity contribution in [1.82, 2.24) is 10.4 Å². The molecule has 0 aromatic heterocycles. The van der Waals surface area contributed by atoms with Gasteiger partial charge in [0.1, 0.15) is 5.75 Å². The SMILES string of the molecule is C=CCc1ccc(C(=O)NN(C(=O)c2cc(C)cc(C)c2)C(CCC)C(C)(C)C)c(C)c1OC(C)=O. The first-order valence-electron chi connectivity index (χ1n) is 12.4. The number of benzene rings is 2. The summed E-state index contributed by atoms with van der Waals surface area (Å²) in [5.74, 6) is -0.815. The van der Waals surface area contributed by atoms with E-state index in [0.717, 1.165) is 29.5 Å². The van der Waals surface area contributed by atoms with Gasteiger partial charge in [0, 0.05) is 23.6 Å². The maximum absolute atomic E-state index is 13.8. The van der Waals surface area contributed by atoms with E-state index in [1.54, 1.807) is 25.1 Å². The van der Waals surface area contributed by atoms with E-state index in [-0.39, 0.29) is 17.4 Å². The molecule has 0 aliphatic rings. The highest BCUT2D eigenvalue weighted by atomic mass is 16.5. The minimum atomic E-state index is -0.469. The van der Waals surface area contributed by atoms with Crippen LogP contribution in [-0.2, 0) is 11.2 Å². The van der Waals surface area contributed by atoms with Crippen molar-refractivity contribution in [3.63, 3.8) is 0 Å². The molecule has 2 rings (SSSR count). The van der Waals surface area contributed by atoms with E-state index in [2.05, 4.69) is 39.7 Å². The van der Waals surface area contributed by atoms with Crippen molar-refractivity contribution in [2.24, 2.45) is 5.41 Å². The van der Waals surface area contributed by atoms with Crippen LogP contribution in [0, 0.1) is 26.2 Å². The first-order chi connectivity index (χ1) is 16.8. The number of amides is 2. The van der Waals surface area contributed by atoms with Crippen molar-refractivity contribution >= 4 is 17.8 Å². The van der Waals surface area contributed by atoms with Crippen LogP contribution >= 0.6 is 0 Å². The molecule has 0 bridgehead atoms. The van der Waals surface area contributed by atoms with Crippen molar-refractivity contribution in [3.05, 3.63) is 76.4 Å². The molecular weight excluding hydrogens is 452 g/mol. The van der Waals surface area contributed by atoms with Gasteiger partial charge in [-0.1, -0.05) is 63.5 Å². The summed E-state index contributed by atoms with van der Waals surface area (Å²) in [5, 5.41) is 1.49. The van der Waals surface area contributed by atoms with Gasteiger partial charge in [-0.25, -0.2) is 5.01 Å². The van der Waals surface area contributed by atoms with Gasteiger partial charge >= 0.3 is 5.97 Å². The number of rotatable bonds is 8. The zero-order chi connectivity index (χ0) is 27.2. The summed E-state index contributed by atoms with van der Waals surface area (Å²) in [4.78, 5) is 39.2. The monoisotopic (exact) mass is 492 g/mol. The van der Waals surface area contributed by atoms with Crippen molar-refractivity contribution in [2.45, 2.75) is 80.7 Å². The van der Waals surface area contributed by atoms with E-state index >= 15 is 0 Å². The average Bonchev–Trinajstić information content (AvgIpc) is 2.76.